The van der Waals surface area contributed by atoms with Gasteiger partial charge in [0.1, 0.15) is 6.10 Å². The first-order valence-electron chi connectivity index (χ1n) is 7.34. The number of hydrogen-bond acceptors (Lipinski definition) is 4. The Hall–Kier alpha value is -0.260. The van der Waals surface area contributed by atoms with Gasteiger partial charge < -0.3 is 14.4 Å². The minimum absolute atomic E-state index is 0.0978. The molecule has 0 aromatic rings. The second kappa shape index (κ2) is 6.02. The molecule has 3 heterocycles. The van der Waals surface area contributed by atoms with Gasteiger partial charge in [-0.2, -0.15) is 11.8 Å². The summed E-state index contributed by atoms with van der Waals surface area (Å²) in [5, 5.41) is 0. The molecule has 5 heteroatoms. The van der Waals surface area contributed by atoms with Crippen molar-refractivity contribution in [3.8, 4) is 0 Å². The molecule has 4 nitrogen and oxygen atoms in total. The molecular weight excluding hydrogens is 262 g/mol. The molecule has 0 unspecified atom stereocenters. The maximum absolute atomic E-state index is 12.7. The van der Waals surface area contributed by atoms with Crippen molar-refractivity contribution >= 4 is 17.7 Å². The highest BCUT2D eigenvalue weighted by molar-refractivity contribution is 7.99. The van der Waals surface area contributed by atoms with Crippen molar-refractivity contribution in [2.45, 2.75) is 43.9 Å². The Labute approximate surface area is 119 Å². The molecule has 0 spiro atoms. The van der Waals surface area contributed by atoms with Crippen LogP contribution in [0.4, 0.5) is 0 Å². The summed E-state index contributed by atoms with van der Waals surface area (Å²) in [5.74, 6) is 2.89. The van der Waals surface area contributed by atoms with Crippen molar-refractivity contribution < 1.29 is 14.3 Å². The number of carbonyl (C=O) groups is 1. The molecule has 0 bridgehead atoms. The average Bonchev–Trinajstić information content (AvgIpc) is 2.96. The summed E-state index contributed by atoms with van der Waals surface area (Å²) in [6.45, 7) is 1.60. The van der Waals surface area contributed by atoms with Crippen LogP contribution in [0.15, 0.2) is 0 Å². The van der Waals surface area contributed by atoms with Crippen LogP contribution in [0, 0.1) is 5.92 Å². The van der Waals surface area contributed by atoms with Gasteiger partial charge in [-0.05, 0) is 37.2 Å². The van der Waals surface area contributed by atoms with Crippen molar-refractivity contribution in [1.29, 1.82) is 0 Å². The van der Waals surface area contributed by atoms with Gasteiger partial charge >= 0.3 is 0 Å². The Morgan fingerprint density at radius 1 is 1.26 bits per heavy atom. The van der Waals surface area contributed by atoms with E-state index in [-0.39, 0.29) is 24.2 Å². The number of carbonyl (C=O) groups excluding carboxylic acids is 1. The number of methoxy groups -OCH3 is 1. The molecule has 0 N–H and O–H groups in total. The molecule has 3 aliphatic rings. The van der Waals surface area contributed by atoms with Gasteiger partial charge in [0.2, 0.25) is 5.91 Å². The van der Waals surface area contributed by atoms with Crippen molar-refractivity contribution in [2.75, 3.05) is 31.8 Å². The summed E-state index contributed by atoms with van der Waals surface area (Å²) in [6.07, 6.45) is 4.24. The van der Waals surface area contributed by atoms with Gasteiger partial charge in [0.25, 0.3) is 0 Å². The van der Waals surface area contributed by atoms with E-state index in [9.17, 15) is 4.79 Å². The van der Waals surface area contributed by atoms with Gasteiger partial charge in [-0.25, -0.2) is 0 Å². The number of likely N-dealkylation sites (tertiary alicyclic amines) is 1. The van der Waals surface area contributed by atoms with Gasteiger partial charge in [0, 0.05) is 26.2 Å². The highest BCUT2D eigenvalue weighted by atomic mass is 32.2. The van der Waals surface area contributed by atoms with Crippen LogP contribution < -0.4 is 0 Å². The van der Waals surface area contributed by atoms with Crippen LogP contribution in [-0.4, -0.2) is 60.8 Å². The molecule has 0 aliphatic carbocycles. The number of thioether (sulfide) groups is 1. The summed E-state index contributed by atoms with van der Waals surface area (Å²) in [7, 11) is 1.75. The summed E-state index contributed by atoms with van der Waals surface area (Å²) in [6, 6.07) is 0.251. The third-order valence-electron chi connectivity index (χ3n) is 4.68. The third-order valence-corrected chi connectivity index (χ3v) is 5.73. The summed E-state index contributed by atoms with van der Waals surface area (Å²) in [5.41, 5.74) is 0. The fourth-order valence-electron chi connectivity index (χ4n) is 3.59. The normalized spacial score (nSPS) is 36.3. The van der Waals surface area contributed by atoms with Gasteiger partial charge in [0.15, 0.2) is 0 Å². The van der Waals surface area contributed by atoms with Crippen LogP contribution >= 0.6 is 11.8 Å². The smallest absolute Gasteiger partial charge is 0.226 e. The zero-order chi connectivity index (χ0) is 13.2. The van der Waals surface area contributed by atoms with Crippen LogP contribution in [0.25, 0.3) is 0 Å². The van der Waals surface area contributed by atoms with Crippen LogP contribution in [0.1, 0.15) is 25.7 Å². The molecule has 3 aliphatic heterocycles. The van der Waals surface area contributed by atoms with Crippen molar-refractivity contribution in [3.05, 3.63) is 0 Å². The predicted molar refractivity (Wildman–Crippen MR) is 75.3 cm³/mol. The number of amides is 1. The Bertz CT molecular complexity index is 333. The van der Waals surface area contributed by atoms with E-state index >= 15 is 0 Å². The van der Waals surface area contributed by atoms with Gasteiger partial charge in [-0.3, -0.25) is 4.79 Å². The first-order valence-corrected chi connectivity index (χ1v) is 8.49. The Morgan fingerprint density at radius 3 is 2.79 bits per heavy atom. The second-order valence-corrected chi connectivity index (χ2v) is 6.90. The molecule has 0 aromatic heterocycles. The summed E-state index contributed by atoms with van der Waals surface area (Å²) in [4.78, 5) is 14.8. The third kappa shape index (κ3) is 2.65. The fourth-order valence-corrected chi connectivity index (χ4v) is 4.70. The first kappa shape index (κ1) is 13.7. The number of hydrogen-bond donors (Lipinski definition) is 0. The van der Waals surface area contributed by atoms with Crippen LogP contribution in [0.5, 0.6) is 0 Å². The van der Waals surface area contributed by atoms with E-state index in [1.807, 2.05) is 11.8 Å². The molecule has 0 saturated carbocycles. The van der Waals surface area contributed by atoms with Crippen LogP contribution in [0.3, 0.4) is 0 Å². The van der Waals surface area contributed by atoms with E-state index in [1.54, 1.807) is 7.11 Å². The van der Waals surface area contributed by atoms with Crippen LogP contribution in [-0.2, 0) is 14.3 Å². The van der Waals surface area contributed by atoms with E-state index < -0.39 is 0 Å². The molecule has 1 amide bonds. The predicted octanol–water partition coefficient (Wildman–Crippen LogP) is 1.53. The minimum Gasteiger partial charge on any atom is -0.379 e. The molecule has 3 atom stereocenters. The van der Waals surface area contributed by atoms with Crippen LogP contribution in [0.2, 0.25) is 0 Å². The van der Waals surface area contributed by atoms with E-state index in [2.05, 4.69) is 4.90 Å². The molecule has 3 saturated heterocycles. The lowest BCUT2D eigenvalue weighted by Crippen LogP contribution is -2.56. The maximum Gasteiger partial charge on any atom is 0.226 e. The number of rotatable bonds is 2. The SMILES string of the molecule is CO[C@@H]1CCN(C(=O)C2CCSCC2)[C@H]2CCO[C@H]12. The molecule has 108 valence electrons. The Morgan fingerprint density at radius 2 is 2.05 bits per heavy atom. The van der Waals surface area contributed by atoms with E-state index in [0.29, 0.717) is 5.91 Å². The number of nitrogens with zero attached hydrogens (tertiary/aromatic N) is 1. The van der Waals surface area contributed by atoms with Crippen molar-refractivity contribution in [3.63, 3.8) is 0 Å². The number of fused-ring (bicyclic) bond motifs is 1. The first-order chi connectivity index (χ1) is 9.31. The second-order valence-electron chi connectivity index (χ2n) is 5.67. The lowest BCUT2D eigenvalue weighted by molar-refractivity contribution is -0.147. The zero-order valence-electron chi connectivity index (χ0n) is 11.5. The van der Waals surface area contributed by atoms with Crippen molar-refractivity contribution in [1.82, 2.24) is 4.90 Å². The van der Waals surface area contributed by atoms with Gasteiger partial charge in [-0.15, -0.1) is 0 Å². The highest BCUT2D eigenvalue weighted by Crippen LogP contribution is 2.33. The quantitative estimate of drug-likeness (QED) is 0.771. The summed E-state index contributed by atoms with van der Waals surface area (Å²) < 4.78 is 11.3. The van der Waals surface area contributed by atoms with Gasteiger partial charge in [-0.1, -0.05) is 0 Å². The molecule has 3 rings (SSSR count). The number of piperidine rings is 1. The minimum atomic E-state index is 0.0978. The standard InChI is InChI=1S/C14H23NO3S/c1-17-12-2-6-15(11-3-7-18-13(11)12)14(16)10-4-8-19-9-5-10/h10-13H,2-9H2,1H3/t11-,12+,13-/m0/s1. The maximum atomic E-state index is 12.7. The van der Waals surface area contributed by atoms with Crippen molar-refractivity contribution in [2.24, 2.45) is 5.92 Å². The molecule has 0 radical (unpaired) electrons. The zero-order valence-corrected chi connectivity index (χ0v) is 12.4. The Kier molecular flexibility index (Phi) is 4.34. The Balaban J connectivity index is 1.68. The average molecular weight is 285 g/mol. The molecule has 19 heavy (non-hydrogen) atoms. The largest absolute Gasteiger partial charge is 0.379 e. The topological polar surface area (TPSA) is 38.8 Å². The summed E-state index contributed by atoms with van der Waals surface area (Å²) >= 11 is 1.97. The van der Waals surface area contributed by atoms with Gasteiger partial charge in [0.05, 0.1) is 12.1 Å². The molecule has 0 aromatic carbocycles. The lowest BCUT2D eigenvalue weighted by Gasteiger charge is -2.42. The number of ether oxygens (including phenoxy) is 2. The molecular formula is C14H23NO3S. The lowest BCUT2D eigenvalue weighted by atomic mass is 9.92. The van der Waals surface area contributed by atoms with E-state index in [4.69, 9.17) is 9.47 Å². The van der Waals surface area contributed by atoms with E-state index in [0.717, 1.165) is 50.3 Å². The fraction of sp³-hybridized carbons (Fsp3) is 0.929. The van der Waals surface area contributed by atoms with E-state index in [1.165, 1.54) is 0 Å². The molecule has 3 fully saturated rings. The monoisotopic (exact) mass is 285 g/mol. The highest BCUT2D eigenvalue weighted by Gasteiger charge is 2.45.